The van der Waals surface area contributed by atoms with Gasteiger partial charge in [0.25, 0.3) is 0 Å². The fourth-order valence-electron chi connectivity index (χ4n) is 1.86. The number of benzene rings is 1. The van der Waals surface area contributed by atoms with E-state index in [1.165, 1.54) is 18.9 Å². The van der Waals surface area contributed by atoms with Gasteiger partial charge in [0, 0.05) is 29.0 Å². The molecule has 0 spiro atoms. The Morgan fingerprint density at radius 2 is 2.28 bits per heavy atom. The molecule has 1 fully saturated rings. The fourth-order valence-corrected chi connectivity index (χ4v) is 2.62. The maximum atomic E-state index is 13.7. The van der Waals surface area contributed by atoms with E-state index < -0.39 is 5.91 Å². The number of halogens is 1. The van der Waals surface area contributed by atoms with Crippen molar-refractivity contribution in [3.05, 3.63) is 35.1 Å². The summed E-state index contributed by atoms with van der Waals surface area (Å²) in [6.45, 7) is 1.37. The number of amides is 1. The molecule has 3 N–H and O–H groups in total. The molecular formula is C13H17FN2OS. The van der Waals surface area contributed by atoms with Crippen LogP contribution in [0, 0.1) is 5.82 Å². The van der Waals surface area contributed by atoms with E-state index in [2.05, 4.69) is 11.6 Å². The van der Waals surface area contributed by atoms with Crippen molar-refractivity contribution in [1.29, 1.82) is 0 Å². The maximum absolute atomic E-state index is 13.7. The maximum Gasteiger partial charge on any atom is 0.248 e. The van der Waals surface area contributed by atoms with E-state index in [0.717, 1.165) is 6.54 Å². The molecule has 1 aromatic rings. The second-order valence-electron chi connectivity index (χ2n) is 4.66. The standard InChI is InChI=1S/C13H17FN2OS/c1-18-13(4-5-13)8-16-7-10-3-2-9(12(15)17)6-11(10)14/h2-3,6,16H,4-5,7-8H2,1H3,(H2,15,17). The van der Waals surface area contributed by atoms with Crippen LogP contribution in [0.15, 0.2) is 18.2 Å². The third-order valence-electron chi connectivity index (χ3n) is 3.34. The highest BCUT2D eigenvalue weighted by atomic mass is 32.2. The Hall–Kier alpha value is -1.07. The molecule has 0 saturated heterocycles. The van der Waals surface area contributed by atoms with Crippen molar-refractivity contribution < 1.29 is 9.18 Å². The molecule has 0 aromatic heterocycles. The Balaban J connectivity index is 1.91. The van der Waals surface area contributed by atoms with Crippen LogP contribution in [0.2, 0.25) is 0 Å². The van der Waals surface area contributed by atoms with Crippen molar-refractivity contribution >= 4 is 17.7 Å². The molecule has 3 nitrogen and oxygen atoms in total. The number of nitrogens with one attached hydrogen (secondary N) is 1. The van der Waals surface area contributed by atoms with Gasteiger partial charge in [-0.15, -0.1) is 0 Å². The minimum atomic E-state index is -0.604. The summed E-state index contributed by atoms with van der Waals surface area (Å²) in [5.74, 6) is -0.986. The highest BCUT2D eigenvalue weighted by Crippen LogP contribution is 2.46. The Bertz CT molecular complexity index is 460. The summed E-state index contributed by atoms with van der Waals surface area (Å²) in [4.78, 5) is 10.9. The summed E-state index contributed by atoms with van der Waals surface area (Å²) >= 11 is 1.87. The topological polar surface area (TPSA) is 55.1 Å². The Kier molecular flexibility index (Phi) is 3.92. The predicted octanol–water partition coefficient (Wildman–Crippen LogP) is 1.91. The largest absolute Gasteiger partial charge is 0.366 e. The van der Waals surface area contributed by atoms with Crippen LogP contribution in [-0.2, 0) is 6.54 Å². The van der Waals surface area contributed by atoms with E-state index in [9.17, 15) is 9.18 Å². The molecule has 18 heavy (non-hydrogen) atoms. The molecule has 1 aromatic carbocycles. The molecule has 1 amide bonds. The van der Waals surface area contributed by atoms with Gasteiger partial charge in [0.15, 0.2) is 0 Å². The summed E-state index contributed by atoms with van der Waals surface area (Å²) in [5, 5.41) is 3.27. The number of nitrogens with two attached hydrogens (primary N) is 1. The van der Waals surface area contributed by atoms with Gasteiger partial charge in [0.1, 0.15) is 5.82 Å². The third-order valence-corrected chi connectivity index (χ3v) is 4.76. The molecule has 0 heterocycles. The molecule has 5 heteroatoms. The highest BCUT2D eigenvalue weighted by molar-refractivity contribution is 8.00. The molecule has 0 bridgehead atoms. The molecule has 1 saturated carbocycles. The lowest BCUT2D eigenvalue weighted by atomic mass is 10.1. The normalized spacial score (nSPS) is 16.6. The average molecular weight is 268 g/mol. The van der Waals surface area contributed by atoms with E-state index in [0.29, 0.717) is 16.9 Å². The zero-order valence-electron chi connectivity index (χ0n) is 10.3. The molecule has 98 valence electrons. The molecule has 2 rings (SSSR count). The van der Waals surface area contributed by atoms with Crippen LogP contribution >= 0.6 is 11.8 Å². The van der Waals surface area contributed by atoms with E-state index >= 15 is 0 Å². The lowest BCUT2D eigenvalue weighted by Crippen LogP contribution is -2.25. The SMILES string of the molecule is CSC1(CNCc2ccc(C(N)=O)cc2F)CC1. The van der Waals surface area contributed by atoms with E-state index in [1.807, 2.05) is 11.8 Å². The van der Waals surface area contributed by atoms with Crippen LogP contribution in [0.1, 0.15) is 28.8 Å². The summed E-state index contributed by atoms with van der Waals surface area (Å²) in [6, 6.07) is 4.37. The van der Waals surface area contributed by atoms with Gasteiger partial charge in [-0.1, -0.05) is 6.07 Å². The lowest BCUT2D eigenvalue weighted by Gasteiger charge is -2.13. The van der Waals surface area contributed by atoms with Gasteiger partial charge >= 0.3 is 0 Å². The summed E-state index contributed by atoms with van der Waals surface area (Å²) < 4.78 is 14.0. The van der Waals surface area contributed by atoms with Crippen molar-refractivity contribution in [3.8, 4) is 0 Å². The van der Waals surface area contributed by atoms with Crippen LogP contribution in [-0.4, -0.2) is 23.5 Å². The summed E-state index contributed by atoms with van der Waals surface area (Å²) in [5.41, 5.74) is 5.87. The van der Waals surface area contributed by atoms with Crippen molar-refractivity contribution in [2.75, 3.05) is 12.8 Å². The smallest absolute Gasteiger partial charge is 0.248 e. The highest BCUT2D eigenvalue weighted by Gasteiger charge is 2.41. The first-order valence-corrected chi connectivity index (χ1v) is 7.13. The van der Waals surface area contributed by atoms with Crippen LogP contribution in [0.25, 0.3) is 0 Å². The van der Waals surface area contributed by atoms with Gasteiger partial charge < -0.3 is 11.1 Å². The minimum Gasteiger partial charge on any atom is -0.366 e. The molecule has 0 radical (unpaired) electrons. The quantitative estimate of drug-likeness (QED) is 0.828. The van der Waals surface area contributed by atoms with E-state index in [-0.39, 0.29) is 11.4 Å². The summed E-state index contributed by atoms with van der Waals surface area (Å²) in [6.07, 6.45) is 4.56. The van der Waals surface area contributed by atoms with Gasteiger partial charge in [0.05, 0.1) is 0 Å². The van der Waals surface area contributed by atoms with Crippen LogP contribution in [0.4, 0.5) is 4.39 Å². The van der Waals surface area contributed by atoms with Crippen molar-refractivity contribution in [1.82, 2.24) is 5.32 Å². The number of thioether (sulfide) groups is 1. The van der Waals surface area contributed by atoms with Crippen LogP contribution < -0.4 is 11.1 Å². The van der Waals surface area contributed by atoms with Crippen molar-refractivity contribution in [2.45, 2.75) is 24.1 Å². The van der Waals surface area contributed by atoms with Gasteiger partial charge in [-0.3, -0.25) is 4.79 Å². The number of rotatable bonds is 6. The molecule has 0 unspecified atom stereocenters. The first-order chi connectivity index (χ1) is 8.56. The lowest BCUT2D eigenvalue weighted by molar-refractivity contribution is 0.1000. The second-order valence-corrected chi connectivity index (χ2v) is 5.94. The first kappa shape index (κ1) is 13.4. The van der Waals surface area contributed by atoms with Crippen molar-refractivity contribution in [2.24, 2.45) is 5.73 Å². The number of carbonyl (C=O) groups is 1. The van der Waals surface area contributed by atoms with Gasteiger partial charge in [-0.25, -0.2) is 4.39 Å². The predicted molar refractivity (Wildman–Crippen MR) is 72.1 cm³/mol. The zero-order chi connectivity index (χ0) is 13.2. The second kappa shape index (κ2) is 5.28. The Morgan fingerprint density at radius 3 is 2.78 bits per heavy atom. The third kappa shape index (κ3) is 3.03. The average Bonchev–Trinajstić information content (AvgIpc) is 3.11. The molecular weight excluding hydrogens is 251 g/mol. The molecule has 1 aliphatic carbocycles. The minimum absolute atomic E-state index is 0.207. The summed E-state index contributed by atoms with van der Waals surface area (Å²) in [7, 11) is 0. The zero-order valence-corrected chi connectivity index (χ0v) is 11.1. The first-order valence-electron chi connectivity index (χ1n) is 5.90. The van der Waals surface area contributed by atoms with Gasteiger partial charge in [-0.05, 0) is 31.2 Å². The monoisotopic (exact) mass is 268 g/mol. The number of hydrogen-bond acceptors (Lipinski definition) is 3. The van der Waals surface area contributed by atoms with Gasteiger partial charge in [-0.2, -0.15) is 11.8 Å². The number of hydrogen-bond donors (Lipinski definition) is 2. The van der Waals surface area contributed by atoms with Crippen LogP contribution in [0.5, 0.6) is 0 Å². The van der Waals surface area contributed by atoms with Gasteiger partial charge in [0.2, 0.25) is 5.91 Å². The van der Waals surface area contributed by atoms with E-state index in [1.54, 1.807) is 12.1 Å². The number of primary amides is 1. The Labute approximate surface area is 110 Å². The molecule has 1 aliphatic rings. The number of carbonyl (C=O) groups excluding carboxylic acids is 1. The fraction of sp³-hybridized carbons (Fsp3) is 0.462. The van der Waals surface area contributed by atoms with Crippen molar-refractivity contribution in [3.63, 3.8) is 0 Å². The van der Waals surface area contributed by atoms with E-state index in [4.69, 9.17) is 5.73 Å². The molecule has 0 aliphatic heterocycles. The Morgan fingerprint density at radius 1 is 1.56 bits per heavy atom. The van der Waals surface area contributed by atoms with Crippen LogP contribution in [0.3, 0.4) is 0 Å². The molecule has 0 atom stereocenters.